The Labute approximate surface area is 220 Å². The van der Waals surface area contributed by atoms with Crippen LogP contribution in [0, 0.1) is 0 Å². The van der Waals surface area contributed by atoms with Crippen LogP contribution < -0.4 is 10.6 Å². The fraction of sp³-hybridized carbons (Fsp3) is 0.464. The topological polar surface area (TPSA) is 81.8 Å². The van der Waals surface area contributed by atoms with Gasteiger partial charge in [-0.1, -0.05) is 36.4 Å². The molecule has 38 heavy (non-hydrogen) atoms. The van der Waals surface area contributed by atoms with Gasteiger partial charge in [0.25, 0.3) is 5.91 Å². The minimum atomic E-state index is -4.55. The molecule has 2 aliphatic rings. The third-order valence-corrected chi connectivity index (χ3v) is 7.25. The van der Waals surface area contributed by atoms with E-state index in [0.29, 0.717) is 19.0 Å². The highest BCUT2D eigenvalue weighted by atomic mass is 19.4. The Hall–Kier alpha value is -3.40. The zero-order chi connectivity index (χ0) is 27.1. The molecule has 7 nitrogen and oxygen atoms in total. The Kier molecular flexibility index (Phi) is 9.04. The molecule has 0 spiro atoms. The first-order valence-electron chi connectivity index (χ1n) is 13.0. The van der Waals surface area contributed by atoms with Crippen LogP contribution in [0.15, 0.2) is 54.6 Å². The summed E-state index contributed by atoms with van der Waals surface area (Å²) in [4.78, 5) is 41.5. The fourth-order valence-electron chi connectivity index (χ4n) is 5.15. The number of hydrogen-bond donors (Lipinski definition) is 2. The van der Waals surface area contributed by atoms with Gasteiger partial charge in [-0.3, -0.25) is 19.3 Å². The number of halogens is 3. The minimum absolute atomic E-state index is 0.0570. The lowest BCUT2D eigenvalue weighted by atomic mass is 10.0. The summed E-state index contributed by atoms with van der Waals surface area (Å²) in [5.41, 5.74) is 0.101. The average molecular weight is 531 g/mol. The molecular formula is C28H33F3N4O3. The monoisotopic (exact) mass is 530 g/mol. The highest BCUT2D eigenvalue weighted by molar-refractivity contribution is 5.96. The molecule has 0 saturated carbocycles. The summed E-state index contributed by atoms with van der Waals surface area (Å²) in [5.74, 6) is -0.925. The maximum atomic E-state index is 12.9. The lowest BCUT2D eigenvalue weighted by molar-refractivity contribution is -0.137. The summed E-state index contributed by atoms with van der Waals surface area (Å²) >= 11 is 0. The van der Waals surface area contributed by atoms with Crippen LogP contribution in [-0.4, -0.2) is 72.3 Å². The van der Waals surface area contributed by atoms with Crippen LogP contribution in [0.3, 0.4) is 0 Å². The average Bonchev–Trinajstić information content (AvgIpc) is 3.39. The Morgan fingerprint density at radius 2 is 1.66 bits per heavy atom. The number of carbonyl (C=O) groups excluding carboxylic acids is 3. The van der Waals surface area contributed by atoms with Crippen molar-refractivity contribution < 1.29 is 27.6 Å². The third-order valence-electron chi connectivity index (χ3n) is 7.25. The predicted molar refractivity (Wildman–Crippen MR) is 136 cm³/mol. The lowest BCUT2D eigenvalue weighted by Crippen LogP contribution is -2.47. The van der Waals surface area contributed by atoms with Gasteiger partial charge in [0.15, 0.2) is 0 Å². The van der Waals surface area contributed by atoms with Gasteiger partial charge >= 0.3 is 6.18 Å². The number of alkyl halides is 3. The summed E-state index contributed by atoms with van der Waals surface area (Å²) in [5, 5.41) is 5.30. The van der Waals surface area contributed by atoms with Gasteiger partial charge in [-0.25, -0.2) is 0 Å². The minimum Gasteiger partial charge on any atom is -0.350 e. The molecule has 2 N–H and O–H groups in total. The van der Waals surface area contributed by atoms with Crippen LogP contribution in [0.1, 0.15) is 47.2 Å². The molecule has 0 aromatic heterocycles. The van der Waals surface area contributed by atoms with E-state index < -0.39 is 17.6 Å². The first-order chi connectivity index (χ1) is 18.2. The maximum Gasteiger partial charge on any atom is 0.416 e. The number of hydrogen-bond acceptors (Lipinski definition) is 4. The third kappa shape index (κ3) is 7.56. The number of carbonyl (C=O) groups is 3. The van der Waals surface area contributed by atoms with Crippen molar-refractivity contribution in [3.8, 4) is 0 Å². The molecule has 3 amide bonds. The van der Waals surface area contributed by atoms with E-state index in [2.05, 4.69) is 15.5 Å². The second-order valence-electron chi connectivity index (χ2n) is 9.91. The Morgan fingerprint density at radius 1 is 0.921 bits per heavy atom. The van der Waals surface area contributed by atoms with E-state index in [-0.39, 0.29) is 30.0 Å². The van der Waals surface area contributed by atoms with E-state index in [4.69, 9.17) is 0 Å². The van der Waals surface area contributed by atoms with Crippen molar-refractivity contribution in [2.45, 2.75) is 50.4 Å². The Morgan fingerprint density at radius 3 is 2.37 bits per heavy atom. The van der Waals surface area contributed by atoms with Gasteiger partial charge in [-0.15, -0.1) is 0 Å². The van der Waals surface area contributed by atoms with Gasteiger partial charge in [0, 0.05) is 50.2 Å². The number of nitrogens with one attached hydrogen (secondary N) is 2. The number of rotatable bonds is 8. The summed E-state index contributed by atoms with van der Waals surface area (Å²) in [6, 6.07) is 14.4. The molecule has 1 atom stereocenters. The van der Waals surface area contributed by atoms with Crippen LogP contribution in [0.2, 0.25) is 0 Å². The van der Waals surface area contributed by atoms with Gasteiger partial charge in [-0.05, 0) is 49.4 Å². The molecule has 0 unspecified atom stereocenters. The molecule has 2 heterocycles. The summed E-state index contributed by atoms with van der Waals surface area (Å²) < 4.78 is 38.6. The highest BCUT2D eigenvalue weighted by Crippen LogP contribution is 2.29. The molecular weight excluding hydrogens is 497 g/mol. The molecule has 0 aliphatic carbocycles. The largest absolute Gasteiger partial charge is 0.416 e. The van der Waals surface area contributed by atoms with Crippen LogP contribution in [0.4, 0.5) is 13.2 Å². The summed E-state index contributed by atoms with van der Waals surface area (Å²) in [6.45, 7) is 2.68. The van der Waals surface area contributed by atoms with Gasteiger partial charge in [0.1, 0.15) is 0 Å². The Bertz CT molecular complexity index is 1120. The SMILES string of the molecule is O=C(CNC(=O)c1cccc(C(F)(F)F)c1)N[C@@H]1CCN(C2CCN(C(=O)CCc3ccccc3)CC2)C1. The lowest BCUT2D eigenvalue weighted by Gasteiger charge is -2.37. The predicted octanol–water partition coefficient (Wildman–Crippen LogP) is 3.25. The van der Waals surface area contributed by atoms with Crippen molar-refractivity contribution in [2.75, 3.05) is 32.7 Å². The molecule has 4 rings (SSSR count). The molecule has 2 aliphatic heterocycles. The fourth-order valence-corrected chi connectivity index (χ4v) is 5.15. The van der Waals surface area contributed by atoms with E-state index in [1.165, 1.54) is 6.07 Å². The van der Waals surface area contributed by atoms with E-state index in [1.54, 1.807) is 0 Å². The molecule has 2 saturated heterocycles. The molecule has 2 aromatic rings. The number of aryl methyl sites for hydroxylation is 1. The van der Waals surface area contributed by atoms with Gasteiger partial charge < -0.3 is 15.5 Å². The number of benzene rings is 2. The summed E-state index contributed by atoms with van der Waals surface area (Å²) in [7, 11) is 0. The number of nitrogens with zero attached hydrogens (tertiary/aromatic N) is 2. The molecule has 2 fully saturated rings. The second kappa shape index (κ2) is 12.4. The molecule has 0 radical (unpaired) electrons. The molecule has 204 valence electrons. The maximum absolute atomic E-state index is 12.9. The number of piperidine rings is 1. The first-order valence-corrected chi connectivity index (χ1v) is 13.0. The number of likely N-dealkylation sites (tertiary alicyclic amines) is 2. The van der Waals surface area contributed by atoms with E-state index in [1.807, 2.05) is 35.2 Å². The van der Waals surface area contributed by atoms with E-state index in [0.717, 1.165) is 69.1 Å². The van der Waals surface area contributed by atoms with E-state index >= 15 is 0 Å². The Balaban J connectivity index is 1.15. The van der Waals surface area contributed by atoms with Crippen LogP contribution >= 0.6 is 0 Å². The molecule has 0 bridgehead atoms. The quantitative estimate of drug-likeness (QED) is 0.549. The van der Waals surface area contributed by atoms with Crippen molar-refractivity contribution >= 4 is 17.7 Å². The van der Waals surface area contributed by atoms with Gasteiger partial charge in [-0.2, -0.15) is 13.2 Å². The van der Waals surface area contributed by atoms with Crippen molar-refractivity contribution in [3.05, 3.63) is 71.3 Å². The van der Waals surface area contributed by atoms with Crippen molar-refractivity contribution in [3.63, 3.8) is 0 Å². The van der Waals surface area contributed by atoms with Crippen LogP contribution in [-0.2, 0) is 22.2 Å². The van der Waals surface area contributed by atoms with Crippen molar-refractivity contribution in [2.24, 2.45) is 0 Å². The molecule has 2 aromatic carbocycles. The first kappa shape index (κ1) is 27.6. The smallest absolute Gasteiger partial charge is 0.350 e. The standard InChI is InChI=1S/C28H33F3N4O3/c29-28(30,31)22-8-4-7-21(17-22)27(38)32-18-25(36)33-23-11-14-35(19-23)24-12-15-34(16-13-24)26(37)10-9-20-5-2-1-3-6-20/h1-8,17,23-24H,9-16,18-19H2,(H,32,38)(H,33,36)/t23-/m1/s1. The van der Waals surface area contributed by atoms with Crippen molar-refractivity contribution in [1.29, 1.82) is 0 Å². The highest BCUT2D eigenvalue weighted by Gasteiger charge is 2.33. The van der Waals surface area contributed by atoms with Crippen LogP contribution in [0.25, 0.3) is 0 Å². The van der Waals surface area contributed by atoms with E-state index in [9.17, 15) is 27.6 Å². The van der Waals surface area contributed by atoms with Gasteiger partial charge in [0.05, 0.1) is 12.1 Å². The zero-order valence-corrected chi connectivity index (χ0v) is 21.2. The second-order valence-corrected chi connectivity index (χ2v) is 9.91. The zero-order valence-electron chi connectivity index (χ0n) is 21.2. The van der Waals surface area contributed by atoms with Crippen LogP contribution in [0.5, 0.6) is 0 Å². The number of amides is 3. The summed E-state index contributed by atoms with van der Waals surface area (Å²) in [6.07, 6.45) is -0.722. The van der Waals surface area contributed by atoms with Crippen molar-refractivity contribution in [1.82, 2.24) is 20.4 Å². The van der Waals surface area contributed by atoms with Gasteiger partial charge in [0.2, 0.25) is 11.8 Å². The normalized spacial score (nSPS) is 18.8. The molecule has 10 heteroatoms.